The monoisotopic (exact) mass is 519 g/mol. The number of likely N-dealkylation sites (N-methyl/N-ethyl adjacent to an activating group) is 1. The highest BCUT2D eigenvalue weighted by Crippen LogP contribution is 2.42. The van der Waals surface area contributed by atoms with Crippen molar-refractivity contribution in [3.8, 4) is 17.1 Å². The van der Waals surface area contributed by atoms with E-state index in [1.165, 1.54) is 13.3 Å². The fourth-order valence-corrected chi connectivity index (χ4v) is 2.98. The summed E-state index contributed by atoms with van der Waals surface area (Å²) in [7, 11) is 0.313. The predicted molar refractivity (Wildman–Crippen MR) is 106 cm³/mol. The topological polar surface area (TPSA) is 149 Å². The first-order chi connectivity index (χ1) is 16.6. The minimum Gasteiger partial charge on any atom is -0.381 e. The number of hydrogen-bond acceptors (Lipinski definition) is 9. The van der Waals surface area contributed by atoms with E-state index in [2.05, 4.69) is 24.9 Å². The van der Waals surface area contributed by atoms with Crippen LogP contribution >= 0.6 is 0 Å². The summed E-state index contributed by atoms with van der Waals surface area (Å²) in [6, 6.07) is 2.57. The molecule has 2 heterocycles. The van der Waals surface area contributed by atoms with E-state index in [0.717, 1.165) is 35.4 Å². The lowest BCUT2D eigenvalue weighted by Crippen LogP contribution is -2.55. The van der Waals surface area contributed by atoms with Crippen LogP contribution in [0.4, 0.5) is 32.2 Å². The van der Waals surface area contributed by atoms with E-state index in [4.69, 9.17) is 5.73 Å². The molecule has 17 heteroatoms. The number of carbonyl (C=O) groups is 2. The number of amides is 1. The van der Waals surface area contributed by atoms with Crippen LogP contribution in [0, 0.1) is 6.92 Å². The molecule has 0 aliphatic rings. The first kappa shape index (κ1) is 26.3. The molecule has 1 unspecified atom stereocenters. The van der Waals surface area contributed by atoms with Crippen LogP contribution in [-0.2, 0) is 20.0 Å². The Bertz CT molecular complexity index is 1300. The van der Waals surface area contributed by atoms with Crippen molar-refractivity contribution in [2.75, 3.05) is 12.8 Å². The highest BCUT2D eigenvalue weighted by atomic mass is 19.4. The number of nitrogens with two attached hydrogens (primary N) is 1. The van der Waals surface area contributed by atoms with Crippen molar-refractivity contribution in [3.05, 3.63) is 48.2 Å². The highest BCUT2D eigenvalue weighted by molar-refractivity contribution is 5.88. The molecule has 0 fully saturated rings. The van der Waals surface area contributed by atoms with Gasteiger partial charge in [-0.1, -0.05) is 12.1 Å². The van der Waals surface area contributed by atoms with Gasteiger partial charge in [-0.2, -0.15) is 41.2 Å². The van der Waals surface area contributed by atoms with Crippen LogP contribution < -0.4 is 5.73 Å². The lowest BCUT2D eigenvalue weighted by molar-refractivity contribution is -0.278. The fraction of sp³-hybridized carbons (Fsp3) is 0.263. The summed E-state index contributed by atoms with van der Waals surface area (Å²) < 4.78 is 80.4. The number of anilines is 1. The molecule has 3 rings (SSSR count). The van der Waals surface area contributed by atoms with E-state index < -0.39 is 40.5 Å². The Kier molecular flexibility index (Phi) is 6.63. The summed E-state index contributed by atoms with van der Waals surface area (Å²) in [5.41, 5.74) is 0.476. The SMILES string of the molecule is Cc1ccc(C(O)(C(=O)N(C)OC(=O)C(F)(F)F)C(F)(F)F)cc1-c1cnc(N)c(-n2cncn2)n1. The number of aliphatic hydroxyl groups is 1. The quantitative estimate of drug-likeness (QED) is 0.389. The van der Waals surface area contributed by atoms with Gasteiger partial charge in [0, 0.05) is 18.2 Å². The van der Waals surface area contributed by atoms with E-state index in [0.29, 0.717) is 12.6 Å². The smallest absolute Gasteiger partial charge is 0.381 e. The van der Waals surface area contributed by atoms with E-state index in [9.17, 15) is 41.0 Å². The molecule has 1 amide bonds. The molecule has 0 aliphatic carbocycles. The molecular weight excluding hydrogens is 504 g/mol. The van der Waals surface area contributed by atoms with Crippen molar-refractivity contribution in [2.45, 2.75) is 24.9 Å². The van der Waals surface area contributed by atoms with Crippen molar-refractivity contribution >= 4 is 17.7 Å². The van der Waals surface area contributed by atoms with Crippen LogP contribution in [0.3, 0.4) is 0 Å². The second-order valence-corrected chi connectivity index (χ2v) is 7.22. The van der Waals surface area contributed by atoms with Gasteiger partial charge in [0.05, 0.1) is 11.9 Å². The lowest BCUT2D eigenvalue weighted by atomic mass is 9.88. The molecule has 0 radical (unpaired) electrons. The number of aromatic nitrogens is 5. The number of carbonyl (C=O) groups excluding carboxylic acids is 2. The average Bonchev–Trinajstić information content (AvgIpc) is 3.32. The summed E-state index contributed by atoms with van der Waals surface area (Å²) in [6.45, 7) is 1.47. The van der Waals surface area contributed by atoms with Gasteiger partial charge < -0.3 is 15.7 Å². The maximum atomic E-state index is 14.0. The number of nitrogen functional groups attached to an aromatic ring is 1. The predicted octanol–water partition coefficient (Wildman–Crippen LogP) is 1.84. The van der Waals surface area contributed by atoms with E-state index >= 15 is 0 Å². The van der Waals surface area contributed by atoms with Gasteiger partial charge in [-0.05, 0) is 18.6 Å². The molecule has 0 spiro atoms. The van der Waals surface area contributed by atoms with Gasteiger partial charge in [0.1, 0.15) is 12.7 Å². The number of aryl methyl sites for hydroxylation is 1. The number of nitrogens with zero attached hydrogens (tertiary/aromatic N) is 6. The zero-order valence-corrected chi connectivity index (χ0v) is 18.2. The van der Waals surface area contributed by atoms with Gasteiger partial charge >= 0.3 is 24.2 Å². The third-order valence-electron chi connectivity index (χ3n) is 4.81. The molecule has 36 heavy (non-hydrogen) atoms. The second-order valence-electron chi connectivity index (χ2n) is 7.22. The molecular formula is C19H15F6N7O4. The summed E-state index contributed by atoms with van der Waals surface area (Å²) in [5.74, 6) is -5.51. The number of benzene rings is 1. The van der Waals surface area contributed by atoms with Crippen LogP contribution in [0.25, 0.3) is 17.1 Å². The van der Waals surface area contributed by atoms with E-state index in [-0.39, 0.29) is 22.9 Å². The van der Waals surface area contributed by atoms with Crippen molar-refractivity contribution in [1.82, 2.24) is 29.8 Å². The molecule has 0 aliphatic heterocycles. The maximum Gasteiger partial charge on any atom is 0.493 e. The van der Waals surface area contributed by atoms with Gasteiger partial charge in [0.25, 0.3) is 5.60 Å². The number of alkyl halides is 6. The van der Waals surface area contributed by atoms with Gasteiger partial charge in [0.2, 0.25) is 0 Å². The van der Waals surface area contributed by atoms with Crippen LogP contribution in [0.1, 0.15) is 11.1 Å². The van der Waals surface area contributed by atoms with Crippen molar-refractivity contribution in [2.24, 2.45) is 0 Å². The largest absolute Gasteiger partial charge is 0.493 e. The van der Waals surface area contributed by atoms with Gasteiger partial charge in [-0.3, -0.25) is 4.79 Å². The number of hydrogen-bond donors (Lipinski definition) is 2. The van der Waals surface area contributed by atoms with Crippen molar-refractivity contribution < 1.29 is 45.9 Å². The van der Waals surface area contributed by atoms with Gasteiger partial charge in [-0.25, -0.2) is 19.7 Å². The third-order valence-corrected chi connectivity index (χ3v) is 4.81. The molecule has 0 bridgehead atoms. The Labute approximate surface area is 197 Å². The Morgan fingerprint density at radius 2 is 1.83 bits per heavy atom. The standard InChI is InChI=1S/C19H15F6N7O4/c1-9-3-4-10(5-11(9)12-6-28-13(26)14(30-12)32-8-27-7-29-32)17(35,19(23,24)25)15(33)31(2)36-16(34)18(20,21)22/h3-8,35H,1-2H3,(H2,26,28). The lowest BCUT2D eigenvalue weighted by Gasteiger charge is -2.32. The summed E-state index contributed by atoms with van der Waals surface area (Å²) in [6.07, 6.45) is -7.87. The van der Waals surface area contributed by atoms with E-state index in [1.807, 2.05) is 0 Å². The maximum absolute atomic E-state index is 14.0. The third kappa shape index (κ3) is 4.77. The molecule has 2 aromatic heterocycles. The molecule has 11 nitrogen and oxygen atoms in total. The van der Waals surface area contributed by atoms with Crippen molar-refractivity contribution in [3.63, 3.8) is 0 Å². The van der Waals surface area contributed by atoms with Crippen LogP contribution in [-0.4, -0.2) is 66.2 Å². The zero-order chi connectivity index (χ0) is 27.1. The summed E-state index contributed by atoms with van der Waals surface area (Å²) in [5, 5.41) is 13.7. The van der Waals surface area contributed by atoms with Gasteiger partial charge in [0.15, 0.2) is 11.6 Å². The zero-order valence-electron chi connectivity index (χ0n) is 18.2. The highest BCUT2D eigenvalue weighted by Gasteiger charge is 2.63. The second kappa shape index (κ2) is 9.06. The van der Waals surface area contributed by atoms with Crippen LogP contribution in [0.5, 0.6) is 0 Å². The number of hydroxylamine groups is 2. The first-order valence-electron chi connectivity index (χ1n) is 9.52. The Morgan fingerprint density at radius 1 is 1.17 bits per heavy atom. The minimum absolute atomic E-state index is 0.0317. The molecule has 3 N–H and O–H groups in total. The van der Waals surface area contributed by atoms with Crippen molar-refractivity contribution in [1.29, 1.82) is 0 Å². The molecule has 0 saturated carbocycles. The molecule has 0 saturated heterocycles. The average molecular weight is 519 g/mol. The normalized spacial score (nSPS) is 13.7. The number of rotatable bonds is 4. The van der Waals surface area contributed by atoms with Gasteiger partial charge in [-0.15, -0.1) is 0 Å². The Hall–Kier alpha value is -4.28. The fourth-order valence-electron chi connectivity index (χ4n) is 2.98. The molecule has 192 valence electrons. The van der Waals surface area contributed by atoms with Crippen LogP contribution in [0.2, 0.25) is 0 Å². The molecule has 1 atom stereocenters. The molecule has 3 aromatic rings. The van der Waals surface area contributed by atoms with E-state index in [1.54, 1.807) is 0 Å². The molecule has 1 aromatic carbocycles. The summed E-state index contributed by atoms with van der Waals surface area (Å²) >= 11 is 0. The van der Waals surface area contributed by atoms with Crippen LogP contribution in [0.15, 0.2) is 37.1 Å². The minimum atomic E-state index is -5.76. The Morgan fingerprint density at radius 3 is 2.39 bits per heavy atom. The number of halogens is 6. The first-order valence-corrected chi connectivity index (χ1v) is 9.52. The summed E-state index contributed by atoms with van der Waals surface area (Å²) in [4.78, 5) is 39.0. The Balaban J connectivity index is 2.10.